The lowest BCUT2D eigenvalue weighted by atomic mass is 10.0. The molecule has 0 bridgehead atoms. The molecule has 9 nitrogen and oxygen atoms in total. The molecule has 1 N–H and O–H groups in total. The van der Waals surface area contributed by atoms with E-state index in [1.165, 1.54) is 11.2 Å². The molecule has 0 fully saturated rings. The van der Waals surface area contributed by atoms with E-state index < -0.39 is 0 Å². The van der Waals surface area contributed by atoms with E-state index in [9.17, 15) is 4.79 Å². The zero-order chi connectivity index (χ0) is 17.0. The number of amides is 2. The van der Waals surface area contributed by atoms with E-state index >= 15 is 0 Å². The number of aryl methyl sites for hydroxylation is 2. The minimum Gasteiger partial charge on any atom is -0.424 e. The summed E-state index contributed by atoms with van der Waals surface area (Å²) < 4.78 is 6.97. The summed E-state index contributed by atoms with van der Waals surface area (Å²) in [6, 6.07) is -0.434. The van der Waals surface area contributed by atoms with Gasteiger partial charge < -0.3 is 14.6 Å². The van der Waals surface area contributed by atoms with Gasteiger partial charge in [-0.2, -0.15) is 5.10 Å². The largest absolute Gasteiger partial charge is 0.424 e. The summed E-state index contributed by atoms with van der Waals surface area (Å²) >= 11 is 0. The van der Waals surface area contributed by atoms with E-state index in [1.807, 2.05) is 7.05 Å². The van der Waals surface area contributed by atoms with E-state index in [0.29, 0.717) is 17.7 Å². The fourth-order valence-electron chi connectivity index (χ4n) is 2.26. The second-order valence-corrected chi connectivity index (χ2v) is 5.94. The molecule has 2 aromatic rings. The van der Waals surface area contributed by atoms with Crippen LogP contribution in [0.3, 0.4) is 0 Å². The summed E-state index contributed by atoms with van der Waals surface area (Å²) in [6.45, 7) is 6.16. The second kappa shape index (κ2) is 7.21. The summed E-state index contributed by atoms with van der Waals surface area (Å²) in [4.78, 5) is 18.2. The molecule has 0 aliphatic heterocycles. The first-order chi connectivity index (χ1) is 10.9. The number of aromatic nitrogens is 5. The molecule has 2 heterocycles. The standard InChI is InChI=1S/C14H23N7O2/c1-9(2)6-11(13-15-8-16-21(13)5)17-14(22)20(4)7-12-19-18-10(3)23-12/h8-9,11H,6-7H2,1-5H3,(H,17,22)/t11-/m0/s1. The van der Waals surface area contributed by atoms with Crippen molar-refractivity contribution in [3.63, 3.8) is 0 Å². The molecule has 0 aliphatic carbocycles. The number of hydrogen-bond acceptors (Lipinski definition) is 6. The van der Waals surface area contributed by atoms with Gasteiger partial charge in [-0.25, -0.2) is 9.78 Å². The molecule has 9 heteroatoms. The van der Waals surface area contributed by atoms with Gasteiger partial charge in [-0.05, 0) is 12.3 Å². The van der Waals surface area contributed by atoms with Crippen LogP contribution in [-0.4, -0.2) is 42.9 Å². The monoisotopic (exact) mass is 321 g/mol. The van der Waals surface area contributed by atoms with Crippen LogP contribution in [-0.2, 0) is 13.6 Å². The molecular weight excluding hydrogens is 298 g/mol. The Kier molecular flexibility index (Phi) is 5.30. The molecule has 0 radical (unpaired) electrons. The highest BCUT2D eigenvalue weighted by Gasteiger charge is 2.22. The van der Waals surface area contributed by atoms with Gasteiger partial charge in [-0.1, -0.05) is 13.8 Å². The van der Waals surface area contributed by atoms with Crippen LogP contribution in [0.25, 0.3) is 0 Å². The Morgan fingerprint density at radius 1 is 1.43 bits per heavy atom. The van der Waals surface area contributed by atoms with Gasteiger partial charge in [0.25, 0.3) is 0 Å². The van der Waals surface area contributed by atoms with Crippen molar-refractivity contribution in [2.45, 2.75) is 39.8 Å². The molecule has 126 valence electrons. The number of carbonyl (C=O) groups excluding carboxylic acids is 1. The Morgan fingerprint density at radius 2 is 2.17 bits per heavy atom. The molecule has 2 rings (SSSR count). The van der Waals surface area contributed by atoms with Crippen LogP contribution in [0.2, 0.25) is 0 Å². The highest BCUT2D eigenvalue weighted by Crippen LogP contribution is 2.19. The second-order valence-electron chi connectivity index (χ2n) is 5.94. The lowest BCUT2D eigenvalue weighted by Crippen LogP contribution is -2.40. The van der Waals surface area contributed by atoms with Crippen LogP contribution in [0.1, 0.15) is 43.9 Å². The lowest BCUT2D eigenvalue weighted by molar-refractivity contribution is 0.194. The zero-order valence-corrected chi connectivity index (χ0v) is 14.1. The maximum absolute atomic E-state index is 12.4. The molecular formula is C14H23N7O2. The van der Waals surface area contributed by atoms with Crippen molar-refractivity contribution in [1.82, 2.24) is 35.2 Å². The number of hydrogen-bond donors (Lipinski definition) is 1. The van der Waals surface area contributed by atoms with Crippen molar-refractivity contribution in [3.05, 3.63) is 23.9 Å². The van der Waals surface area contributed by atoms with Crippen LogP contribution in [0.15, 0.2) is 10.7 Å². The van der Waals surface area contributed by atoms with Crippen molar-refractivity contribution in [2.24, 2.45) is 13.0 Å². The molecule has 0 spiro atoms. The number of urea groups is 1. The van der Waals surface area contributed by atoms with Crippen molar-refractivity contribution >= 4 is 6.03 Å². The van der Waals surface area contributed by atoms with Crippen molar-refractivity contribution < 1.29 is 9.21 Å². The predicted octanol–water partition coefficient (Wildman–Crippen LogP) is 1.44. The maximum Gasteiger partial charge on any atom is 0.318 e. The van der Waals surface area contributed by atoms with Crippen LogP contribution < -0.4 is 5.32 Å². The van der Waals surface area contributed by atoms with Crippen molar-refractivity contribution in [1.29, 1.82) is 0 Å². The first-order valence-electron chi connectivity index (χ1n) is 7.51. The average molecular weight is 321 g/mol. The summed E-state index contributed by atoms with van der Waals surface area (Å²) in [6.07, 6.45) is 2.26. The zero-order valence-electron chi connectivity index (χ0n) is 14.1. The van der Waals surface area contributed by atoms with Crippen LogP contribution in [0, 0.1) is 12.8 Å². The smallest absolute Gasteiger partial charge is 0.318 e. The third kappa shape index (κ3) is 4.51. The number of nitrogens with zero attached hydrogens (tertiary/aromatic N) is 6. The molecule has 0 aliphatic rings. The van der Waals surface area contributed by atoms with Gasteiger partial charge in [0, 0.05) is 21.0 Å². The third-order valence-electron chi connectivity index (χ3n) is 3.35. The SMILES string of the molecule is Cc1nnc(CN(C)C(=O)N[C@@H](CC(C)C)c2ncnn2C)o1. The first-order valence-corrected chi connectivity index (χ1v) is 7.51. The minimum atomic E-state index is -0.227. The van der Waals surface area contributed by atoms with Gasteiger partial charge in [-0.3, -0.25) is 4.68 Å². The van der Waals surface area contributed by atoms with Crippen molar-refractivity contribution in [3.8, 4) is 0 Å². The normalized spacial score (nSPS) is 12.4. The van der Waals surface area contributed by atoms with Crippen LogP contribution in [0.4, 0.5) is 4.79 Å². The Morgan fingerprint density at radius 3 is 2.70 bits per heavy atom. The highest BCUT2D eigenvalue weighted by molar-refractivity contribution is 5.74. The fourth-order valence-corrected chi connectivity index (χ4v) is 2.26. The Labute approximate surface area is 135 Å². The van der Waals surface area contributed by atoms with Gasteiger partial charge >= 0.3 is 6.03 Å². The number of carbonyl (C=O) groups is 1. The fraction of sp³-hybridized carbons (Fsp3) is 0.643. The molecule has 0 saturated carbocycles. The predicted molar refractivity (Wildman–Crippen MR) is 82.2 cm³/mol. The summed E-state index contributed by atoms with van der Waals surface area (Å²) in [7, 11) is 3.49. The highest BCUT2D eigenvalue weighted by atomic mass is 16.4. The molecule has 0 saturated heterocycles. The molecule has 2 aromatic heterocycles. The van der Waals surface area contributed by atoms with Crippen molar-refractivity contribution in [2.75, 3.05) is 7.05 Å². The Bertz CT molecular complexity index is 649. The van der Waals surface area contributed by atoms with Crippen LogP contribution in [0.5, 0.6) is 0 Å². The summed E-state index contributed by atoms with van der Waals surface area (Å²) in [5.74, 6) is 2.01. The van der Waals surface area contributed by atoms with E-state index in [1.54, 1.807) is 18.7 Å². The molecule has 2 amide bonds. The summed E-state index contributed by atoms with van der Waals surface area (Å²) in [5.41, 5.74) is 0. The Balaban J connectivity index is 2.03. The first kappa shape index (κ1) is 16.9. The number of rotatable bonds is 6. The average Bonchev–Trinajstić information content (AvgIpc) is 3.06. The topological polar surface area (TPSA) is 102 Å². The molecule has 23 heavy (non-hydrogen) atoms. The van der Waals surface area contributed by atoms with Gasteiger partial charge in [0.05, 0.1) is 6.04 Å². The van der Waals surface area contributed by atoms with E-state index in [2.05, 4.69) is 39.4 Å². The van der Waals surface area contributed by atoms with E-state index in [0.717, 1.165) is 12.2 Å². The van der Waals surface area contributed by atoms with Gasteiger partial charge in [0.15, 0.2) is 0 Å². The number of nitrogens with one attached hydrogen (secondary N) is 1. The van der Waals surface area contributed by atoms with E-state index in [4.69, 9.17) is 4.42 Å². The van der Waals surface area contributed by atoms with Crippen LogP contribution >= 0.6 is 0 Å². The quantitative estimate of drug-likeness (QED) is 0.863. The minimum absolute atomic E-state index is 0.207. The molecule has 0 aromatic carbocycles. The van der Waals surface area contributed by atoms with E-state index in [-0.39, 0.29) is 18.6 Å². The van der Waals surface area contributed by atoms with Gasteiger partial charge in [0.2, 0.25) is 11.8 Å². The lowest BCUT2D eigenvalue weighted by Gasteiger charge is -2.23. The Hall–Kier alpha value is -2.45. The van der Waals surface area contributed by atoms with Gasteiger partial charge in [0.1, 0.15) is 18.7 Å². The molecule has 1 atom stereocenters. The van der Waals surface area contributed by atoms with Gasteiger partial charge in [-0.15, -0.1) is 10.2 Å². The molecule has 0 unspecified atom stereocenters. The summed E-state index contributed by atoms with van der Waals surface area (Å²) in [5, 5.41) is 14.7. The third-order valence-corrected chi connectivity index (χ3v) is 3.35. The maximum atomic E-state index is 12.4.